The van der Waals surface area contributed by atoms with Crippen molar-refractivity contribution in [1.82, 2.24) is 9.55 Å². The number of benzene rings is 1. The number of carbonyl (C=O) groups is 1. The van der Waals surface area contributed by atoms with Crippen LogP contribution in [0.15, 0.2) is 41.7 Å². The molecule has 0 amide bonds. The monoisotopic (exact) mass is 278 g/mol. The first-order valence-electron chi connectivity index (χ1n) is 5.74. The zero-order valence-corrected chi connectivity index (χ0v) is 11.0. The average Bonchev–Trinajstić information content (AvgIpc) is 2.80. The van der Waals surface area contributed by atoms with Crippen molar-refractivity contribution in [3.05, 3.63) is 47.8 Å². The van der Waals surface area contributed by atoms with Crippen LogP contribution < -0.4 is 0 Å². The zero-order chi connectivity index (χ0) is 13.7. The summed E-state index contributed by atoms with van der Waals surface area (Å²) in [4.78, 5) is 14.8. The van der Waals surface area contributed by atoms with Crippen molar-refractivity contribution >= 4 is 17.7 Å². The van der Waals surface area contributed by atoms with E-state index in [0.29, 0.717) is 17.4 Å². The Morgan fingerprint density at radius 3 is 2.68 bits per heavy atom. The molecule has 2 aromatic rings. The second-order valence-corrected chi connectivity index (χ2v) is 4.89. The molecule has 6 heteroatoms. The first-order valence-corrected chi connectivity index (χ1v) is 6.73. The van der Waals surface area contributed by atoms with E-state index in [0.717, 1.165) is 17.3 Å². The Morgan fingerprint density at radius 1 is 1.32 bits per heavy atom. The van der Waals surface area contributed by atoms with E-state index >= 15 is 0 Å². The van der Waals surface area contributed by atoms with Crippen molar-refractivity contribution in [3.63, 3.8) is 0 Å². The quantitative estimate of drug-likeness (QED) is 0.785. The molecule has 0 aliphatic rings. The number of carboxylic acids is 1. The number of imidazole rings is 1. The first kappa shape index (κ1) is 13.6. The van der Waals surface area contributed by atoms with E-state index in [1.807, 2.05) is 34.9 Å². The zero-order valence-electron chi connectivity index (χ0n) is 10.2. The van der Waals surface area contributed by atoms with E-state index in [2.05, 4.69) is 4.98 Å². The Morgan fingerprint density at radius 2 is 2.05 bits per heavy atom. The van der Waals surface area contributed by atoms with E-state index < -0.39 is 5.97 Å². The average molecular weight is 278 g/mol. The van der Waals surface area contributed by atoms with Gasteiger partial charge in [-0.05, 0) is 5.56 Å². The van der Waals surface area contributed by atoms with Crippen molar-refractivity contribution in [2.45, 2.75) is 18.3 Å². The van der Waals surface area contributed by atoms with Gasteiger partial charge in [0.1, 0.15) is 0 Å². The second kappa shape index (κ2) is 6.40. The number of thioether (sulfide) groups is 1. The molecule has 0 aliphatic carbocycles. The minimum Gasteiger partial charge on any atom is -0.481 e. The topological polar surface area (TPSA) is 75.3 Å². The molecule has 19 heavy (non-hydrogen) atoms. The predicted octanol–water partition coefficient (Wildman–Crippen LogP) is 1.60. The molecule has 0 unspecified atom stereocenters. The Kier molecular flexibility index (Phi) is 4.59. The lowest BCUT2D eigenvalue weighted by molar-refractivity contribution is -0.133. The van der Waals surface area contributed by atoms with Gasteiger partial charge >= 0.3 is 5.97 Å². The van der Waals surface area contributed by atoms with Gasteiger partial charge in [-0.3, -0.25) is 4.79 Å². The second-order valence-electron chi connectivity index (χ2n) is 3.94. The third-order valence-electron chi connectivity index (χ3n) is 2.57. The SMILES string of the molecule is O=C(O)CSc1ncc(CO)n1Cc1ccccc1. The van der Waals surface area contributed by atoms with Gasteiger partial charge in [0.15, 0.2) is 5.16 Å². The van der Waals surface area contributed by atoms with E-state index in [1.165, 1.54) is 0 Å². The number of aliphatic carboxylic acids is 1. The van der Waals surface area contributed by atoms with Crippen LogP contribution in [0.25, 0.3) is 0 Å². The number of aliphatic hydroxyl groups is 1. The lowest BCUT2D eigenvalue weighted by Gasteiger charge is -2.10. The summed E-state index contributed by atoms with van der Waals surface area (Å²) in [5.41, 5.74) is 1.75. The number of hydrogen-bond donors (Lipinski definition) is 2. The molecular weight excluding hydrogens is 264 g/mol. The van der Waals surface area contributed by atoms with Crippen LogP contribution in [0.3, 0.4) is 0 Å². The number of carboxylic acid groups (broad SMARTS) is 1. The highest BCUT2D eigenvalue weighted by Gasteiger charge is 2.11. The minimum absolute atomic E-state index is 0.0450. The molecule has 2 N–H and O–H groups in total. The molecule has 0 bridgehead atoms. The Hall–Kier alpha value is -1.79. The van der Waals surface area contributed by atoms with Crippen LogP contribution in [0.2, 0.25) is 0 Å². The maximum atomic E-state index is 10.6. The lowest BCUT2D eigenvalue weighted by Crippen LogP contribution is -2.07. The third kappa shape index (κ3) is 3.59. The number of nitrogens with zero attached hydrogens (tertiary/aromatic N) is 2. The van der Waals surface area contributed by atoms with Gasteiger partial charge in [0.05, 0.1) is 24.3 Å². The number of hydrogen-bond acceptors (Lipinski definition) is 4. The molecule has 1 heterocycles. The summed E-state index contributed by atoms with van der Waals surface area (Å²) in [6, 6.07) is 9.77. The molecule has 1 aromatic heterocycles. The Bertz CT molecular complexity index is 554. The molecule has 0 fully saturated rings. The van der Waals surface area contributed by atoms with Gasteiger partial charge in [0, 0.05) is 6.54 Å². The summed E-state index contributed by atoms with van der Waals surface area (Å²) in [7, 11) is 0. The molecule has 5 nitrogen and oxygen atoms in total. The summed E-state index contributed by atoms with van der Waals surface area (Å²) in [5.74, 6) is -0.929. The maximum absolute atomic E-state index is 10.6. The lowest BCUT2D eigenvalue weighted by atomic mass is 10.2. The molecular formula is C13H14N2O3S. The number of aromatic nitrogens is 2. The van der Waals surface area contributed by atoms with Gasteiger partial charge < -0.3 is 14.8 Å². The van der Waals surface area contributed by atoms with Crippen LogP contribution >= 0.6 is 11.8 Å². The molecule has 0 aliphatic heterocycles. The fraction of sp³-hybridized carbons (Fsp3) is 0.231. The standard InChI is InChI=1S/C13H14N2O3S/c16-8-11-6-14-13(19-9-12(17)18)15(11)7-10-4-2-1-3-5-10/h1-6,16H,7-9H2,(H,17,18). The fourth-order valence-corrected chi connectivity index (χ4v) is 2.41. The van der Waals surface area contributed by atoms with Crippen LogP contribution in [-0.2, 0) is 17.9 Å². The van der Waals surface area contributed by atoms with Crippen molar-refractivity contribution in [2.75, 3.05) is 5.75 Å². The number of rotatable bonds is 6. The van der Waals surface area contributed by atoms with Gasteiger partial charge in [-0.15, -0.1) is 0 Å². The molecule has 1 aromatic carbocycles. The third-order valence-corrected chi connectivity index (χ3v) is 3.55. The molecule has 0 saturated heterocycles. The molecule has 2 rings (SSSR count). The fourth-order valence-electron chi connectivity index (χ4n) is 1.69. The molecule has 0 radical (unpaired) electrons. The summed E-state index contributed by atoms with van der Waals surface area (Å²) >= 11 is 1.15. The van der Waals surface area contributed by atoms with Gasteiger partial charge in [-0.2, -0.15) is 0 Å². The van der Waals surface area contributed by atoms with Gasteiger partial charge in [-0.25, -0.2) is 4.98 Å². The Labute approximate surface area is 114 Å². The molecule has 100 valence electrons. The highest BCUT2D eigenvalue weighted by molar-refractivity contribution is 7.99. The van der Waals surface area contributed by atoms with Crippen LogP contribution in [-0.4, -0.2) is 31.5 Å². The van der Waals surface area contributed by atoms with Crippen LogP contribution in [0.4, 0.5) is 0 Å². The van der Waals surface area contributed by atoms with Crippen molar-refractivity contribution in [2.24, 2.45) is 0 Å². The predicted molar refractivity (Wildman–Crippen MR) is 72.1 cm³/mol. The maximum Gasteiger partial charge on any atom is 0.313 e. The van der Waals surface area contributed by atoms with Crippen molar-refractivity contribution in [1.29, 1.82) is 0 Å². The van der Waals surface area contributed by atoms with Crippen LogP contribution in [0, 0.1) is 0 Å². The minimum atomic E-state index is -0.884. The van der Waals surface area contributed by atoms with Gasteiger partial charge in [0.2, 0.25) is 0 Å². The van der Waals surface area contributed by atoms with Crippen molar-refractivity contribution in [3.8, 4) is 0 Å². The summed E-state index contributed by atoms with van der Waals surface area (Å²) < 4.78 is 1.84. The highest BCUT2D eigenvalue weighted by atomic mass is 32.2. The van der Waals surface area contributed by atoms with E-state index in [4.69, 9.17) is 5.11 Å². The number of aliphatic hydroxyl groups excluding tert-OH is 1. The molecule has 0 saturated carbocycles. The van der Waals surface area contributed by atoms with E-state index in [1.54, 1.807) is 6.20 Å². The first-order chi connectivity index (χ1) is 9.20. The van der Waals surface area contributed by atoms with E-state index in [-0.39, 0.29) is 12.4 Å². The Balaban J connectivity index is 2.21. The summed E-state index contributed by atoms with van der Waals surface area (Å²) in [6.07, 6.45) is 1.58. The largest absolute Gasteiger partial charge is 0.481 e. The van der Waals surface area contributed by atoms with Gasteiger partial charge in [-0.1, -0.05) is 42.1 Å². The summed E-state index contributed by atoms with van der Waals surface area (Å²) in [6.45, 7) is 0.451. The smallest absolute Gasteiger partial charge is 0.313 e. The summed E-state index contributed by atoms with van der Waals surface area (Å²) in [5, 5.41) is 18.6. The van der Waals surface area contributed by atoms with Crippen LogP contribution in [0.5, 0.6) is 0 Å². The molecule has 0 atom stereocenters. The van der Waals surface area contributed by atoms with E-state index in [9.17, 15) is 9.90 Å². The van der Waals surface area contributed by atoms with Crippen LogP contribution in [0.1, 0.15) is 11.3 Å². The molecule has 0 spiro atoms. The normalized spacial score (nSPS) is 10.6. The van der Waals surface area contributed by atoms with Gasteiger partial charge in [0.25, 0.3) is 0 Å². The van der Waals surface area contributed by atoms with Crippen molar-refractivity contribution < 1.29 is 15.0 Å². The highest BCUT2D eigenvalue weighted by Crippen LogP contribution is 2.20.